The zero-order valence-electron chi connectivity index (χ0n) is 22.6. The van der Waals surface area contributed by atoms with Gasteiger partial charge >= 0.3 is 0 Å². The Morgan fingerprint density at radius 1 is 1.06 bits per heavy atom. The molecule has 35 heavy (non-hydrogen) atoms. The Labute approximate surface area is 213 Å². The number of rotatable bonds is 10. The summed E-state index contributed by atoms with van der Waals surface area (Å²) < 4.78 is 0. The van der Waals surface area contributed by atoms with Gasteiger partial charge in [0.15, 0.2) is 0 Å². The summed E-state index contributed by atoms with van der Waals surface area (Å²) in [4.78, 5) is 15.3. The van der Waals surface area contributed by atoms with Crippen LogP contribution in [0, 0.1) is 5.41 Å². The summed E-state index contributed by atoms with van der Waals surface area (Å²) in [5, 5.41) is 3.21. The minimum atomic E-state index is 0.177. The van der Waals surface area contributed by atoms with Crippen molar-refractivity contribution in [2.45, 2.75) is 60.5 Å². The highest BCUT2D eigenvalue weighted by Crippen LogP contribution is 2.23. The highest BCUT2D eigenvalue weighted by atomic mass is 16.1. The van der Waals surface area contributed by atoms with Crippen LogP contribution in [-0.2, 0) is 11.3 Å². The lowest BCUT2D eigenvalue weighted by atomic mass is 9.87. The van der Waals surface area contributed by atoms with Crippen molar-refractivity contribution < 1.29 is 4.79 Å². The summed E-state index contributed by atoms with van der Waals surface area (Å²) in [6.45, 7) is 17.1. The fraction of sp³-hybridized carbons (Fsp3) is 0.448. The van der Waals surface area contributed by atoms with Crippen molar-refractivity contribution in [2.24, 2.45) is 21.9 Å². The lowest BCUT2D eigenvalue weighted by Crippen LogP contribution is -2.42. The van der Waals surface area contributed by atoms with E-state index in [4.69, 9.17) is 11.5 Å². The third kappa shape index (κ3) is 15.4. The molecule has 0 aromatic heterocycles. The summed E-state index contributed by atoms with van der Waals surface area (Å²) in [5.74, 6) is 0. The number of nitrogens with zero attached hydrogens (tertiary/aromatic N) is 2. The number of nitrogens with two attached hydrogens (primary N) is 2. The van der Waals surface area contributed by atoms with Crippen molar-refractivity contribution in [1.82, 2.24) is 10.2 Å². The van der Waals surface area contributed by atoms with Crippen LogP contribution in [0.2, 0.25) is 0 Å². The van der Waals surface area contributed by atoms with E-state index in [-0.39, 0.29) is 6.54 Å². The highest BCUT2D eigenvalue weighted by Gasteiger charge is 2.24. The molecule has 6 heteroatoms. The second kappa shape index (κ2) is 19.2. The van der Waals surface area contributed by atoms with Gasteiger partial charge in [0.05, 0.1) is 18.6 Å². The van der Waals surface area contributed by atoms with Crippen molar-refractivity contribution in [3.8, 4) is 0 Å². The van der Waals surface area contributed by atoms with E-state index >= 15 is 0 Å². The molecule has 2 rings (SSSR count). The van der Waals surface area contributed by atoms with Crippen molar-refractivity contribution in [3.05, 3.63) is 78.0 Å². The van der Waals surface area contributed by atoms with Crippen molar-refractivity contribution in [2.75, 3.05) is 19.6 Å². The third-order valence-corrected chi connectivity index (χ3v) is 5.52. The SMILES string of the molecule is CCCN(CC)[C@@H](C)C(C)(C)C.N/C(=C\NCc1ccccc1)c1ccccc1.NC=NCC=O. The van der Waals surface area contributed by atoms with E-state index in [0.717, 1.165) is 24.1 Å². The molecule has 0 saturated heterocycles. The molecule has 194 valence electrons. The van der Waals surface area contributed by atoms with Crippen LogP contribution in [0.4, 0.5) is 0 Å². The van der Waals surface area contributed by atoms with Crippen molar-refractivity contribution in [1.29, 1.82) is 0 Å². The monoisotopic (exact) mass is 481 g/mol. The summed E-state index contributed by atoms with van der Waals surface area (Å²) in [6.07, 6.45) is 4.90. The predicted octanol–water partition coefficient (Wildman–Crippen LogP) is 5.06. The maximum absolute atomic E-state index is 9.39. The van der Waals surface area contributed by atoms with E-state index in [1.165, 1.54) is 25.1 Å². The number of carbonyl (C=O) groups is 1. The van der Waals surface area contributed by atoms with E-state index in [0.29, 0.717) is 17.7 Å². The van der Waals surface area contributed by atoms with Crippen LogP contribution in [0.15, 0.2) is 71.9 Å². The Balaban J connectivity index is 0.000000561. The quantitative estimate of drug-likeness (QED) is 0.250. The van der Waals surface area contributed by atoms with Gasteiger partial charge in [-0.25, -0.2) is 0 Å². The molecule has 0 saturated carbocycles. The van der Waals surface area contributed by atoms with Crippen molar-refractivity contribution in [3.63, 3.8) is 0 Å². The summed E-state index contributed by atoms with van der Waals surface area (Å²) >= 11 is 0. The van der Waals surface area contributed by atoms with E-state index in [1.807, 2.05) is 54.7 Å². The molecule has 0 radical (unpaired) electrons. The first-order chi connectivity index (χ1) is 16.7. The van der Waals surface area contributed by atoms with E-state index < -0.39 is 0 Å². The zero-order valence-corrected chi connectivity index (χ0v) is 22.6. The molecule has 0 aliphatic heterocycles. The van der Waals surface area contributed by atoms with Gasteiger partial charge in [-0.2, -0.15) is 0 Å². The van der Waals surface area contributed by atoms with Crippen molar-refractivity contribution >= 4 is 18.3 Å². The first-order valence-electron chi connectivity index (χ1n) is 12.4. The minimum absolute atomic E-state index is 0.177. The highest BCUT2D eigenvalue weighted by molar-refractivity contribution is 5.61. The summed E-state index contributed by atoms with van der Waals surface area (Å²) in [7, 11) is 0. The average molecular weight is 482 g/mol. The largest absolute Gasteiger partial charge is 0.397 e. The summed E-state index contributed by atoms with van der Waals surface area (Å²) in [6, 6.07) is 20.8. The zero-order chi connectivity index (χ0) is 26.5. The van der Waals surface area contributed by atoms with Crippen LogP contribution in [0.1, 0.15) is 59.1 Å². The van der Waals surface area contributed by atoms with Gasteiger partial charge in [0.25, 0.3) is 0 Å². The van der Waals surface area contributed by atoms with Crippen LogP contribution in [0.25, 0.3) is 5.70 Å². The average Bonchev–Trinajstić information content (AvgIpc) is 2.87. The first-order valence-corrected chi connectivity index (χ1v) is 12.4. The Morgan fingerprint density at radius 3 is 2.06 bits per heavy atom. The standard InChI is InChI=1S/C15H16N2.C11H25N.C3H6N2O/c16-15(14-9-5-2-6-10-14)12-17-11-13-7-3-1-4-8-13;1-7-9-12(8-2)10(3)11(4,5)6;4-3-5-1-2-6/h1-10,12,17H,11,16H2;10H,7-9H2,1-6H3;2-3H,1H2,(H2,4,5)/b15-12-;;/t;10-;/m.0./s1. The Hall–Kier alpha value is -3.12. The summed E-state index contributed by atoms with van der Waals surface area (Å²) in [5.41, 5.74) is 14.2. The fourth-order valence-corrected chi connectivity index (χ4v) is 3.15. The second-order valence-corrected chi connectivity index (χ2v) is 9.18. The number of nitrogens with one attached hydrogen (secondary N) is 1. The number of carbonyl (C=O) groups excluding carboxylic acids is 1. The Kier molecular flexibility index (Phi) is 17.5. The molecule has 0 aliphatic carbocycles. The Morgan fingerprint density at radius 2 is 1.63 bits per heavy atom. The minimum Gasteiger partial charge on any atom is -0.397 e. The van der Waals surface area contributed by atoms with Gasteiger partial charge in [0, 0.05) is 18.8 Å². The maximum atomic E-state index is 9.39. The van der Waals surface area contributed by atoms with Gasteiger partial charge in [-0.15, -0.1) is 0 Å². The van der Waals surface area contributed by atoms with Crippen LogP contribution < -0.4 is 16.8 Å². The molecule has 2 aromatic rings. The van der Waals surface area contributed by atoms with E-state index in [2.05, 4.69) is 68.9 Å². The molecule has 0 heterocycles. The Bertz CT molecular complexity index is 829. The molecule has 0 aliphatic rings. The normalized spacial score (nSPS) is 12.3. The van der Waals surface area contributed by atoms with Crippen LogP contribution in [0.3, 0.4) is 0 Å². The van der Waals surface area contributed by atoms with Gasteiger partial charge in [-0.1, -0.05) is 95.3 Å². The molecule has 1 atom stereocenters. The molecule has 2 aromatic carbocycles. The van der Waals surface area contributed by atoms with E-state index in [9.17, 15) is 4.79 Å². The smallest absolute Gasteiger partial charge is 0.141 e. The van der Waals surface area contributed by atoms with Crippen LogP contribution >= 0.6 is 0 Å². The van der Waals surface area contributed by atoms with Gasteiger partial charge in [0.2, 0.25) is 0 Å². The molecule has 0 bridgehead atoms. The second-order valence-electron chi connectivity index (χ2n) is 9.18. The topological polar surface area (TPSA) is 96.7 Å². The number of benzene rings is 2. The van der Waals surface area contributed by atoms with Gasteiger partial charge in [0.1, 0.15) is 6.29 Å². The molecule has 0 fully saturated rings. The number of hydrogen-bond acceptors (Lipinski definition) is 5. The lowest BCUT2D eigenvalue weighted by Gasteiger charge is -2.37. The molecular weight excluding hydrogens is 434 g/mol. The number of hydrogen-bond donors (Lipinski definition) is 3. The van der Waals surface area contributed by atoms with Gasteiger partial charge in [-0.3, -0.25) is 4.99 Å². The molecule has 0 amide bonds. The maximum Gasteiger partial charge on any atom is 0.141 e. The molecule has 0 spiro atoms. The predicted molar refractivity (Wildman–Crippen MR) is 152 cm³/mol. The molecular formula is C29H47N5O. The number of aldehydes is 1. The first kappa shape index (κ1) is 31.9. The molecule has 5 N–H and O–H groups in total. The number of aliphatic imine (C=N–C) groups is 1. The van der Waals surface area contributed by atoms with Gasteiger partial charge in [-0.05, 0) is 43.0 Å². The van der Waals surface area contributed by atoms with Gasteiger partial charge < -0.3 is 26.5 Å². The lowest BCUT2D eigenvalue weighted by molar-refractivity contribution is -0.106. The molecule has 0 unspecified atom stereocenters. The third-order valence-electron chi connectivity index (χ3n) is 5.52. The molecule has 6 nitrogen and oxygen atoms in total. The van der Waals surface area contributed by atoms with Crippen LogP contribution in [-0.4, -0.2) is 43.2 Å². The van der Waals surface area contributed by atoms with E-state index in [1.54, 1.807) is 0 Å². The fourth-order valence-electron chi connectivity index (χ4n) is 3.15. The van der Waals surface area contributed by atoms with Crippen LogP contribution in [0.5, 0.6) is 0 Å².